The zero-order chi connectivity index (χ0) is 16.2. The second kappa shape index (κ2) is 5.03. The highest BCUT2D eigenvalue weighted by molar-refractivity contribution is 5.87. The molecule has 1 aliphatic heterocycles. The van der Waals surface area contributed by atoms with E-state index in [2.05, 4.69) is 42.7 Å². The molecular weight excluding hydrogens is 286 g/mol. The van der Waals surface area contributed by atoms with Gasteiger partial charge in [-0.1, -0.05) is 24.3 Å². The Labute approximate surface area is 136 Å². The molecule has 2 N–H and O–H groups in total. The molecule has 2 unspecified atom stereocenters. The topological polar surface area (TPSA) is 54.0 Å². The van der Waals surface area contributed by atoms with Crippen molar-refractivity contribution in [3.63, 3.8) is 0 Å². The van der Waals surface area contributed by atoms with Crippen LogP contribution in [0.25, 0.3) is 10.8 Å². The number of fused-ring (bicyclic) bond motifs is 2. The number of hydrogen-bond donors (Lipinski definition) is 2. The number of amides is 1. The van der Waals surface area contributed by atoms with Crippen molar-refractivity contribution in [2.75, 3.05) is 13.1 Å². The van der Waals surface area contributed by atoms with Crippen LogP contribution in [-0.2, 0) is 10.3 Å². The Bertz CT molecular complexity index is 773. The zero-order valence-electron chi connectivity index (χ0n) is 13.9. The molecule has 4 rings (SSSR count). The van der Waals surface area contributed by atoms with Gasteiger partial charge in [-0.15, -0.1) is 0 Å². The number of aromatic nitrogens is 1. The number of carbonyl (C=O) groups is 1. The number of nitrogens with one attached hydrogen (secondary N) is 2. The lowest BCUT2D eigenvalue weighted by atomic mass is 9.93. The SMILES string of the molecule is Cc1cc2ccccc2c(C(C)(C)NC(=O)C2C3CNCC32)n1. The van der Waals surface area contributed by atoms with Crippen LogP contribution in [0.1, 0.15) is 25.2 Å². The fraction of sp³-hybridized carbons (Fsp3) is 0.474. The number of hydrogen-bond acceptors (Lipinski definition) is 3. The van der Waals surface area contributed by atoms with Crippen LogP contribution in [0.2, 0.25) is 0 Å². The number of pyridine rings is 1. The molecule has 120 valence electrons. The van der Waals surface area contributed by atoms with Crippen molar-refractivity contribution in [3.8, 4) is 0 Å². The van der Waals surface area contributed by atoms with Crippen LogP contribution in [-0.4, -0.2) is 24.0 Å². The van der Waals surface area contributed by atoms with Gasteiger partial charge in [-0.2, -0.15) is 0 Å². The predicted octanol–water partition coefficient (Wildman–Crippen LogP) is 2.36. The van der Waals surface area contributed by atoms with E-state index in [0.717, 1.165) is 29.9 Å². The fourth-order valence-electron chi connectivity index (χ4n) is 4.07. The summed E-state index contributed by atoms with van der Waals surface area (Å²) in [4.78, 5) is 17.4. The van der Waals surface area contributed by atoms with Gasteiger partial charge < -0.3 is 10.6 Å². The Morgan fingerprint density at radius 2 is 1.96 bits per heavy atom. The normalized spacial score (nSPS) is 26.1. The molecule has 1 aromatic heterocycles. The first-order valence-electron chi connectivity index (χ1n) is 8.37. The lowest BCUT2D eigenvalue weighted by Gasteiger charge is -2.28. The first-order chi connectivity index (χ1) is 11.0. The lowest BCUT2D eigenvalue weighted by Crippen LogP contribution is -2.43. The minimum atomic E-state index is -0.479. The van der Waals surface area contributed by atoms with Gasteiger partial charge in [0.05, 0.1) is 11.2 Å². The number of nitrogens with zero attached hydrogens (tertiary/aromatic N) is 1. The summed E-state index contributed by atoms with van der Waals surface area (Å²) in [5, 5.41) is 8.88. The molecule has 1 aromatic carbocycles. The van der Waals surface area contributed by atoms with Crippen LogP contribution in [0.5, 0.6) is 0 Å². The van der Waals surface area contributed by atoms with Crippen LogP contribution in [0.3, 0.4) is 0 Å². The third-order valence-electron chi connectivity index (χ3n) is 5.29. The maximum Gasteiger partial charge on any atom is 0.224 e. The van der Waals surface area contributed by atoms with E-state index >= 15 is 0 Å². The predicted molar refractivity (Wildman–Crippen MR) is 91.0 cm³/mol. The summed E-state index contributed by atoms with van der Waals surface area (Å²) < 4.78 is 0. The van der Waals surface area contributed by atoms with Gasteiger partial charge >= 0.3 is 0 Å². The average Bonchev–Trinajstić information content (AvgIpc) is 2.99. The molecule has 0 bridgehead atoms. The van der Waals surface area contributed by atoms with Crippen LogP contribution in [0.4, 0.5) is 0 Å². The highest BCUT2D eigenvalue weighted by Crippen LogP contribution is 2.49. The number of rotatable bonds is 3. The molecule has 2 heterocycles. The molecule has 23 heavy (non-hydrogen) atoms. The molecule has 1 saturated carbocycles. The summed E-state index contributed by atoms with van der Waals surface area (Å²) in [5.74, 6) is 1.44. The molecule has 1 amide bonds. The van der Waals surface area contributed by atoms with Crippen molar-refractivity contribution < 1.29 is 4.79 Å². The van der Waals surface area contributed by atoms with Gasteiger partial charge in [0.2, 0.25) is 5.91 Å². The maximum absolute atomic E-state index is 12.7. The van der Waals surface area contributed by atoms with Crippen LogP contribution in [0, 0.1) is 24.7 Å². The van der Waals surface area contributed by atoms with Gasteiger partial charge in [0.1, 0.15) is 0 Å². The van der Waals surface area contributed by atoms with Crippen LogP contribution < -0.4 is 10.6 Å². The molecular formula is C19H23N3O. The third-order valence-corrected chi connectivity index (χ3v) is 5.29. The van der Waals surface area contributed by atoms with Crippen molar-refractivity contribution >= 4 is 16.7 Å². The van der Waals surface area contributed by atoms with Crippen molar-refractivity contribution in [3.05, 3.63) is 41.7 Å². The van der Waals surface area contributed by atoms with Crippen LogP contribution >= 0.6 is 0 Å². The monoisotopic (exact) mass is 309 g/mol. The van der Waals surface area contributed by atoms with E-state index in [-0.39, 0.29) is 11.8 Å². The van der Waals surface area contributed by atoms with E-state index in [9.17, 15) is 4.79 Å². The molecule has 2 fully saturated rings. The van der Waals surface area contributed by atoms with Gasteiger partial charge in [-0.05, 0) is 57.1 Å². The number of carbonyl (C=O) groups excluding carboxylic acids is 1. The smallest absolute Gasteiger partial charge is 0.224 e. The second-order valence-electron chi connectivity index (χ2n) is 7.46. The van der Waals surface area contributed by atoms with E-state index in [0.29, 0.717) is 11.8 Å². The lowest BCUT2D eigenvalue weighted by molar-refractivity contribution is -0.124. The quantitative estimate of drug-likeness (QED) is 0.915. The summed E-state index contributed by atoms with van der Waals surface area (Å²) in [6, 6.07) is 10.3. The van der Waals surface area contributed by atoms with Crippen molar-refractivity contribution in [2.45, 2.75) is 26.3 Å². The minimum absolute atomic E-state index is 0.180. The Morgan fingerprint density at radius 1 is 1.26 bits per heavy atom. The molecule has 1 aliphatic carbocycles. The van der Waals surface area contributed by atoms with Gasteiger partial charge in [-0.25, -0.2) is 0 Å². The second-order valence-corrected chi connectivity index (χ2v) is 7.46. The maximum atomic E-state index is 12.7. The standard InChI is InChI=1S/C19H23N3O/c1-11-8-12-6-4-5-7-13(12)17(21-11)19(2,3)22-18(23)16-14-9-20-10-15(14)16/h4-8,14-16,20H,9-10H2,1-3H3,(H,22,23). The molecule has 2 atom stereocenters. The first-order valence-corrected chi connectivity index (χ1v) is 8.37. The van der Waals surface area contributed by atoms with E-state index in [1.165, 1.54) is 5.39 Å². The van der Waals surface area contributed by atoms with Crippen molar-refractivity contribution in [1.82, 2.24) is 15.6 Å². The summed E-state index contributed by atoms with van der Waals surface area (Å²) >= 11 is 0. The number of benzene rings is 1. The Balaban J connectivity index is 1.64. The van der Waals surface area contributed by atoms with E-state index in [4.69, 9.17) is 4.98 Å². The number of piperidine rings is 1. The molecule has 0 radical (unpaired) electrons. The molecule has 2 aliphatic rings. The van der Waals surface area contributed by atoms with Crippen molar-refractivity contribution in [2.24, 2.45) is 17.8 Å². The summed E-state index contributed by atoms with van der Waals surface area (Å²) in [5.41, 5.74) is 1.45. The minimum Gasteiger partial charge on any atom is -0.345 e. The zero-order valence-corrected chi connectivity index (χ0v) is 13.9. The highest BCUT2D eigenvalue weighted by Gasteiger charge is 2.57. The van der Waals surface area contributed by atoms with Gasteiger partial charge in [0, 0.05) is 17.0 Å². The van der Waals surface area contributed by atoms with Gasteiger partial charge in [0.15, 0.2) is 0 Å². The summed E-state index contributed by atoms with van der Waals surface area (Å²) in [7, 11) is 0. The summed E-state index contributed by atoms with van der Waals surface area (Å²) in [6.07, 6.45) is 0. The Kier molecular flexibility index (Phi) is 3.20. The van der Waals surface area contributed by atoms with Crippen molar-refractivity contribution in [1.29, 1.82) is 0 Å². The molecule has 0 spiro atoms. The number of aryl methyl sites for hydroxylation is 1. The highest BCUT2D eigenvalue weighted by atomic mass is 16.2. The van der Waals surface area contributed by atoms with Gasteiger partial charge in [0.25, 0.3) is 0 Å². The molecule has 2 aromatic rings. The van der Waals surface area contributed by atoms with Crippen LogP contribution in [0.15, 0.2) is 30.3 Å². The van der Waals surface area contributed by atoms with E-state index in [1.807, 2.05) is 19.1 Å². The Hall–Kier alpha value is -1.94. The van der Waals surface area contributed by atoms with E-state index < -0.39 is 5.54 Å². The Morgan fingerprint density at radius 3 is 2.70 bits per heavy atom. The molecule has 4 heteroatoms. The first kappa shape index (κ1) is 14.6. The van der Waals surface area contributed by atoms with E-state index in [1.54, 1.807) is 0 Å². The third kappa shape index (κ3) is 2.41. The fourth-order valence-corrected chi connectivity index (χ4v) is 4.07. The molecule has 4 nitrogen and oxygen atoms in total. The molecule has 1 saturated heterocycles. The van der Waals surface area contributed by atoms with Gasteiger partial charge in [-0.3, -0.25) is 9.78 Å². The summed E-state index contributed by atoms with van der Waals surface area (Å²) in [6.45, 7) is 8.07. The largest absolute Gasteiger partial charge is 0.345 e. The average molecular weight is 309 g/mol.